The van der Waals surface area contributed by atoms with Gasteiger partial charge in [-0.15, -0.1) is 0 Å². The zero-order valence-electron chi connectivity index (χ0n) is 21.7. The van der Waals surface area contributed by atoms with E-state index in [-0.39, 0.29) is 5.91 Å². The molecule has 6 nitrogen and oxygen atoms in total. The molecule has 0 aliphatic carbocycles. The second-order valence-corrected chi connectivity index (χ2v) is 7.62. The average Bonchev–Trinajstić information content (AvgIpc) is 2.93. The Hall–Kier alpha value is -3.40. The van der Waals surface area contributed by atoms with E-state index >= 15 is 0 Å². The van der Waals surface area contributed by atoms with Crippen LogP contribution in [0.2, 0.25) is 0 Å². The number of nitrogens with zero attached hydrogens (tertiary/aromatic N) is 2. The van der Waals surface area contributed by atoms with E-state index in [9.17, 15) is 9.90 Å². The van der Waals surface area contributed by atoms with E-state index in [0.717, 1.165) is 29.7 Å². The summed E-state index contributed by atoms with van der Waals surface area (Å²) in [5.41, 5.74) is 4.22. The second-order valence-electron chi connectivity index (χ2n) is 7.62. The Labute approximate surface area is 211 Å². The molecule has 1 atom stereocenters. The Morgan fingerprint density at radius 1 is 1.11 bits per heavy atom. The minimum atomic E-state index is -0.523. The summed E-state index contributed by atoms with van der Waals surface area (Å²) in [5, 5.41) is 25.5. The third-order valence-electron chi connectivity index (χ3n) is 5.16. The zero-order chi connectivity index (χ0) is 26.1. The Morgan fingerprint density at radius 2 is 1.77 bits per heavy atom. The zero-order valence-corrected chi connectivity index (χ0v) is 21.7. The minimum absolute atomic E-state index is 0.0611. The molecule has 1 aliphatic rings. The average molecular weight is 477 g/mol. The molecular weight excluding hydrogens is 436 g/mol. The fourth-order valence-corrected chi connectivity index (χ4v) is 3.42. The lowest BCUT2D eigenvalue weighted by Gasteiger charge is -2.20. The van der Waals surface area contributed by atoms with E-state index in [2.05, 4.69) is 16.7 Å². The second kappa shape index (κ2) is 17.1. The van der Waals surface area contributed by atoms with E-state index in [1.807, 2.05) is 94.6 Å². The van der Waals surface area contributed by atoms with E-state index in [0.29, 0.717) is 30.8 Å². The Balaban J connectivity index is 0.00000145. The van der Waals surface area contributed by atoms with Crippen LogP contribution in [0.25, 0.3) is 0 Å². The third kappa shape index (κ3) is 10.2. The third-order valence-corrected chi connectivity index (χ3v) is 5.16. The van der Waals surface area contributed by atoms with Crippen molar-refractivity contribution in [2.75, 3.05) is 33.2 Å². The van der Waals surface area contributed by atoms with Gasteiger partial charge in [0.05, 0.1) is 12.2 Å². The topological polar surface area (TPSA) is 88.4 Å². The van der Waals surface area contributed by atoms with Gasteiger partial charge in [-0.2, -0.15) is 5.26 Å². The van der Waals surface area contributed by atoms with Crippen molar-refractivity contribution < 1.29 is 9.90 Å². The predicted molar refractivity (Wildman–Crippen MR) is 144 cm³/mol. The van der Waals surface area contributed by atoms with E-state index in [1.165, 1.54) is 0 Å². The number of carbonyl (C=O) groups excluding carboxylic acids is 1. The van der Waals surface area contributed by atoms with Crippen molar-refractivity contribution in [1.82, 2.24) is 15.5 Å². The first-order valence-corrected chi connectivity index (χ1v) is 12.4. The van der Waals surface area contributed by atoms with Crippen molar-refractivity contribution in [3.63, 3.8) is 0 Å². The number of rotatable bonds is 9. The molecule has 1 amide bonds. The van der Waals surface area contributed by atoms with Crippen molar-refractivity contribution in [1.29, 1.82) is 5.26 Å². The number of aliphatic hydroxyl groups is 1. The van der Waals surface area contributed by atoms with Crippen LogP contribution in [-0.2, 0) is 6.42 Å². The van der Waals surface area contributed by atoms with Crippen molar-refractivity contribution in [2.45, 2.75) is 40.2 Å². The number of amides is 1. The first-order chi connectivity index (χ1) is 17.1. The molecule has 2 aromatic carbocycles. The summed E-state index contributed by atoms with van der Waals surface area (Å²) in [6.07, 6.45) is 3.96. The smallest absolute Gasteiger partial charge is 0.253 e. The van der Waals surface area contributed by atoms with Gasteiger partial charge in [0, 0.05) is 44.0 Å². The van der Waals surface area contributed by atoms with Crippen molar-refractivity contribution in [3.8, 4) is 6.07 Å². The molecule has 2 aromatic rings. The molecule has 0 aromatic heterocycles. The molecule has 188 valence electrons. The van der Waals surface area contributed by atoms with Crippen LogP contribution in [-0.4, -0.2) is 49.1 Å². The SMILES string of the molecule is CC.CC.CN(CC1=CNCC(C#N)=C1)C(=O)c1ccc(CCNCC(O)c2ccccc2)cc1. The standard InChI is InChI=1S/C25H28N4O2.2C2H6/c1-29(18-21-13-20(14-26)15-28-16-21)25(31)23-9-7-19(8-10-23)11-12-27-17-24(30)22-5-3-2-4-6-22;2*1-2/h2-10,13,16,24,27-28,30H,11-12,15,17-18H2,1H3;2*1-2H3. The number of nitrogens with one attached hydrogen (secondary N) is 2. The number of hydrogen-bond acceptors (Lipinski definition) is 5. The van der Waals surface area contributed by atoms with Crippen LogP contribution < -0.4 is 10.6 Å². The van der Waals surface area contributed by atoms with Gasteiger partial charge in [0.25, 0.3) is 5.91 Å². The van der Waals surface area contributed by atoms with Crippen LogP contribution in [0.4, 0.5) is 0 Å². The van der Waals surface area contributed by atoms with Crippen LogP contribution in [0, 0.1) is 11.3 Å². The maximum atomic E-state index is 12.7. The molecule has 0 saturated carbocycles. The number of benzene rings is 2. The van der Waals surface area contributed by atoms with Crippen LogP contribution in [0.1, 0.15) is 55.3 Å². The molecule has 3 rings (SSSR count). The van der Waals surface area contributed by atoms with Crippen molar-refractivity contribution in [2.24, 2.45) is 0 Å². The predicted octanol–water partition coefficient (Wildman–Crippen LogP) is 4.61. The fourth-order valence-electron chi connectivity index (χ4n) is 3.42. The van der Waals surface area contributed by atoms with Gasteiger partial charge in [0.1, 0.15) is 0 Å². The van der Waals surface area contributed by atoms with Gasteiger partial charge in [-0.3, -0.25) is 4.79 Å². The lowest BCUT2D eigenvalue weighted by atomic mass is 10.1. The highest BCUT2D eigenvalue weighted by Crippen LogP contribution is 2.13. The van der Waals surface area contributed by atoms with E-state index in [4.69, 9.17) is 5.26 Å². The molecule has 1 heterocycles. The molecule has 1 unspecified atom stereocenters. The number of nitriles is 1. The lowest BCUT2D eigenvalue weighted by molar-refractivity contribution is 0.0807. The number of hydrogen-bond donors (Lipinski definition) is 3. The highest BCUT2D eigenvalue weighted by atomic mass is 16.3. The molecule has 35 heavy (non-hydrogen) atoms. The minimum Gasteiger partial charge on any atom is -0.387 e. The van der Waals surface area contributed by atoms with E-state index in [1.54, 1.807) is 11.9 Å². The Morgan fingerprint density at radius 3 is 2.40 bits per heavy atom. The lowest BCUT2D eigenvalue weighted by Crippen LogP contribution is -2.30. The van der Waals surface area contributed by atoms with Gasteiger partial charge in [-0.1, -0.05) is 70.2 Å². The molecule has 1 aliphatic heterocycles. The number of dihydropyridines is 1. The van der Waals surface area contributed by atoms with Crippen LogP contribution in [0.3, 0.4) is 0 Å². The first-order valence-electron chi connectivity index (χ1n) is 12.4. The summed E-state index contributed by atoms with van der Waals surface area (Å²) in [5.74, 6) is -0.0611. The summed E-state index contributed by atoms with van der Waals surface area (Å²) in [7, 11) is 1.76. The highest BCUT2D eigenvalue weighted by Gasteiger charge is 2.14. The first kappa shape index (κ1) is 29.6. The van der Waals surface area contributed by atoms with Gasteiger partial charge < -0.3 is 20.6 Å². The Bertz CT molecular complexity index is 976. The van der Waals surface area contributed by atoms with Gasteiger partial charge in [-0.05, 0) is 47.9 Å². The van der Waals surface area contributed by atoms with Gasteiger partial charge in [0.2, 0.25) is 0 Å². The molecule has 3 N–H and O–H groups in total. The summed E-state index contributed by atoms with van der Waals surface area (Å²) in [6.45, 7) is 10.2. The summed E-state index contributed by atoms with van der Waals surface area (Å²) < 4.78 is 0. The summed E-state index contributed by atoms with van der Waals surface area (Å²) in [4.78, 5) is 14.3. The van der Waals surface area contributed by atoms with Crippen LogP contribution >= 0.6 is 0 Å². The maximum absolute atomic E-state index is 12.7. The normalized spacial score (nSPS) is 12.7. The van der Waals surface area contributed by atoms with Crippen molar-refractivity contribution in [3.05, 3.63) is 94.7 Å². The molecule has 0 fully saturated rings. The largest absolute Gasteiger partial charge is 0.387 e. The molecule has 0 radical (unpaired) electrons. The van der Waals surface area contributed by atoms with Crippen molar-refractivity contribution >= 4 is 5.91 Å². The Kier molecular flexibility index (Phi) is 14.5. The van der Waals surface area contributed by atoms with Crippen LogP contribution in [0.5, 0.6) is 0 Å². The quantitative estimate of drug-likeness (QED) is 0.460. The number of likely N-dealkylation sites (N-methyl/N-ethyl adjacent to an activating group) is 1. The van der Waals surface area contributed by atoms with E-state index < -0.39 is 6.10 Å². The molecule has 0 saturated heterocycles. The molecule has 0 bridgehead atoms. The molecule has 0 spiro atoms. The number of carbonyl (C=O) groups is 1. The molecular formula is C29H40N4O2. The monoisotopic (exact) mass is 476 g/mol. The fraction of sp³-hybridized carbons (Fsp3) is 0.379. The van der Waals surface area contributed by atoms with Crippen LogP contribution in [0.15, 0.2) is 78.0 Å². The van der Waals surface area contributed by atoms with Gasteiger partial charge in [0.15, 0.2) is 0 Å². The summed E-state index contributed by atoms with van der Waals surface area (Å²) >= 11 is 0. The van der Waals surface area contributed by atoms with Gasteiger partial charge >= 0.3 is 0 Å². The van der Waals surface area contributed by atoms with Gasteiger partial charge in [-0.25, -0.2) is 0 Å². The number of aliphatic hydroxyl groups excluding tert-OH is 1. The highest BCUT2D eigenvalue weighted by molar-refractivity contribution is 5.94. The molecule has 6 heteroatoms. The maximum Gasteiger partial charge on any atom is 0.253 e. The summed E-state index contributed by atoms with van der Waals surface area (Å²) in [6, 6.07) is 19.4.